The lowest BCUT2D eigenvalue weighted by molar-refractivity contribution is 0.577. The van der Waals surface area contributed by atoms with Gasteiger partial charge < -0.3 is 20.6 Å². The summed E-state index contributed by atoms with van der Waals surface area (Å²) >= 11 is 0. The minimum Gasteiger partial charge on any atom is -0.368 e. The maximum atomic E-state index is 4.56. The maximum absolute atomic E-state index is 4.56. The summed E-state index contributed by atoms with van der Waals surface area (Å²) in [5, 5.41) is 6.96. The second-order valence-electron chi connectivity index (χ2n) is 6.74. The third-order valence-electron chi connectivity index (χ3n) is 4.62. The quantitative estimate of drug-likeness (QED) is 0.326. The molecule has 0 aromatic carbocycles. The molecule has 0 fully saturated rings. The minimum atomic E-state index is 0.324. The van der Waals surface area contributed by atoms with Crippen molar-refractivity contribution in [2.75, 3.05) is 17.2 Å². The zero-order valence-corrected chi connectivity index (χ0v) is 16.0. The molecule has 0 saturated heterocycles. The largest absolute Gasteiger partial charge is 0.368 e. The Labute approximate surface area is 162 Å². The van der Waals surface area contributed by atoms with Gasteiger partial charge in [0.15, 0.2) is 22.9 Å². The van der Waals surface area contributed by atoms with Crippen LogP contribution in [0.4, 0.5) is 11.6 Å². The van der Waals surface area contributed by atoms with E-state index >= 15 is 0 Å². The number of aromatic amines is 2. The summed E-state index contributed by atoms with van der Waals surface area (Å²) in [5.41, 5.74) is 3.06. The zero-order valence-electron chi connectivity index (χ0n) is 16.0. The molecular weight excluding hydrogens is 356 g/mol. The normalized spacial score (nSPS) is 12.5. The van der Waals surface area contributed by atoms with Crippen molar-refractivity contribution < 1.29 is 0 Å². The van der Waals surface area contributed by atoms with Gasteiger partial charge in [0.05, 0.1) is 12.7 Å². The SMILES string of the molecule is CCCC(CCCNc1ncnc2nc[nH]c12)Nc1nc(C)nc2nc[nH]c12. The lowest BCUT2D eigenvalue weighted by Crippen LogP contribution is -2.22. The van der Waals surface area contributed by atoms with Gasteiger partial charge in [-0.25, -0.2) is 29.9 Å². The summed E-state index contributed by atoms with van der Waals surface area (Å²) in [5.74, 6) is 2.32. The van der Waals surface area contributed by atoms with Crippen molar-refractivity contribution in [3.63, 3.8) is 0 Å². The standard InChI is InChI=1S/C18H24N10/c1-3-5-12(28-18-14-17(25-9-21-14)26-11(2)27-18)6-4-7-19-15-13-16(22-8-20-13)24-10-23-15/h8-10,12H,3-7H2,1-2H3,(H2,19,20,22,23,24)(H2,21,25,26,27,28). The molecule has 0 spiro atoms. The van der Waals surface area contributed by atoms with Gasteiger partial charge in [-0.05, 0) is 26.2 Å². The first kappa shape index (κ1) is 18.1. The molecule has 28 heavy (non-hydrogen) atoms. The van der Waals surface area contributed by atoms with Crippen LogP contribution in [-0.4, -0.2) is 52.5 Å². The summed E-state index contributed by atoms with van der Waals surface area (Å²) in [7, 11) is 0. The number of hydrogen-bond donors (Lipinski definition) is 4. The molecule has 0 radical (unpaired) electrons. The van der Waals surface area contributed by atoms with Gasteiger partial charge in [-0.15, -0.1) is 0 Å². The fourth-order valence-corrected chi connectivity index (χ4v) is 3.33. The topological polar surface area (TPSA) is 133 Å². The van der Waals surface area contributed by atoms with Crippen molar-refractivity contribution in [1.29, 1.82) is 0 Å². The number of H-pyrrole nitrogens is 2. The molecule has 4 rings (SSSR count). The average Bonchev–Trinajstić information content (AvgIpc) is 3.34. The molecule has 0 bridgehead atoms. The Morgan fingerprint density at radius 3 is 2.54 bits per heavy atom. The fourth-order valence-electron chi connectivity index (χ4n) is 3.33. The van der Waals surface area contributed by atoms with Crippen LogP contribution in [0.5, 0.6) is 0 Å². The number of nitrogens with zero attached hydrogens (tertiary/aromatic N) is 6. The van der Waals surface area contributed by atoms with E-state index in [4.69, 9.17) is 0 Å². The molecule has 1 atom stereocenters. The Hall–Kier alpha value is -3.30. The van der Waals surface area contributed by atoms with Crippen LogP contribution in [0.1, 0.15) is 38.4 Å². The van der Waals surface area contributed by atoms with Crippen molar-refractivity contribution in [2.45, 2.75) is 45.6 Å². The van der Waals surface area contributed by atoms with Gasteiger partial charge in [0, 0.05) is 12.6 Å². The molecule has 0 saturated carbocycles. The lowest BCUT2D eigenvalue weighted by atomic mass is 10.1. The molecule has 0 aliphatic heterocycles. The Bertz CT molecular complexity index is 1050. The number of hydrogen-bond acceptors (Lipinski definition) is 8. The molecule has 1 unspecified atom stereocenters. The molecule has 0 aliphatic rings. The van der Waals surface area contributed by atoms with Crippen molar-refractivity contribution in [2.24, 2.45) is 0 Å². The monoisotopic (exact) mass is 380 g/mol. The van der Waals surface area contributed by atoms with Crippen LogP contribution < -0.4 is 10.6 Å². The number of nitrogens with one attached hydrogen (secondary N) is 4. The van der Waals surface area contributed by atoms with Gasteiger partial charge in [-0.1, -0.05) is 13.3 Å². The molecule has 0 amide bonds. The van der Waals surface area contributed by atoms with E-state index in [2.05, 4.69) is 57.4 Å². The summed E-state index contributed by atoms with van der Waals surface area (Å²) < 4.78 is 0. The van der Waals surface area contributed by atoms with Gasteiger partial charge in [-0.2, -0.15) is 0 Å². The highest BCUT2D eigenvalue weighted by Gasteiger charge is 2.13. The first-order valence-corrected chi connectivity index (χ1v) is 9.56. The predicted molar refractivity (Wildman–Crippen MR) is 108 cm³/mol. The number of aryl methyl sites for hydroxylation is 1. The number of anilines is 2. The number of aromatic nitrogens is 8. The van der Waals surface area contributed by atoms with E-state index in [1.807, 2.05) is 6.92 Å². The minimum absolute atomic E-state index is 0.324. The molecule has 10 nitrogen and oxygen atoms in total. The highest BCUT2D eigenvalue weighted by atomic mass is 15.1. The summed E-state index contributed by atoms with van der Waals surface area (Å²) in [6.45, 7) is 4.89. The molecule has 0 aliphatic carbocycles. The maximum Gasteiger partial charge on any atom is 0.183 e. The van der Waals surface area contributed by atoms with Crippen molar-refractivity contribution in [1.82, 2.24) is 39.9 Å². The van der Waals surface area contributed by atoms with Gasteiger partial charge >= 0.3 is 0 Å². The van der Waals surface area contributed by atoms with Crippen molar-refractivity contribution in [3.05, 3.63) is 24.8 Å². The molecule has 146 valence electrons. The first-order chi connectivity index (χ1) is 13.7. The van der Waals surface area contributed by atoms with E-state index in [1.54, 1.807) is 12.7 Å². The second kappa shape index (κ2) is 8.15. The molecular formula is C18H24N10. The van der Waals surface area contributed by atoms with Crippen LogP contribution in [0.3, 0.4) is 0 Å². The Morgan fingerprint density at radius 2 is 1.71 bits per heavy atom. The third kappa shape index (κ3) is 3.85. The van der Waals surface area contributed by atoms with E-state index in [1.165, 1.54) is 6.33 Å². The van der Waals surface area contributed by atoms with Crippen LogP contribution in [0, 0.1) is 6.92 Å². The van der Waals surface area contributed by atoms with Crippen LogP contribution in [-0.2, 0) is 0 Å². The summed E-state index contributed by atoms with van der Waals surface area (Å²) in [6.07, 6.45) is 8.98. The summed E-state index contributed by atoms with van der Waals surface area (Å²) in [4.78, 5) is 32.0. The van der Waals surface area contributed by atoms with Crippen LogP contribution in [0.15, 0.2) is 19.0 Å². The smallest absolute Gasteiger partial charge is 0.183 e. The van der Waals surface area contributed by atoms with Gasteiger partial charge in [0.25, 0.3) is 0 Å². The highest BCUT2D eigenvalue weighted by Crippen LogP contribution is 2.20. The summed E-state index contributed by atoms with van der Waals surface area (Å²) in [6, 6.07) is 0.324. The average molecular weight is 380 g/mol. The number of fused-ring (bicyclic) bond motifs is 2. The molecule has 4 aromatic rings. The van der Waals surface area contributed by atoms with Crippen molar-refractivity contribution in [3.8, 4) is 0 Å². The molecule has 4 aromatic heterocycles. The van der Waals surface area contributed by atoms with E-state index in [0.29, 0.717) is 23.2 Å². The Balaban J connectivity index is 1.37. The predicted octanol–water partition coefficient (Wildman–Crippen LogP) is 2.80. The van der Waals surface area contributed by atoms with Crippen molar-refractivity contribution >= 4 is 34.0 Å². The van der Waals surface area contributed by atoms with E-state index in [9.17, 15) is 0 Å². The van der Waals surface area contributed by atoms with Crippen LogP contribution >= 0.6 is 0 Å². The fraction of sp³-hybridized carbons (Fsp3) is 0.444. The second-order valence-corrected chi connectivity index (χ2v) is 6.74. The van der Waals surface area contributed by atoms with E-state index in [0.717, 1.165) is 54.9 Å². The van der Waals surface area contributed by atoms with E-state index < -0.39 is 0 Å². The van der Waals surface area contributed by atoms with Gasteiger partial charge in [-0.3, -0.25) is 0 Å². The zero-order chi connectivity index (χ0) is 19.3. The third-order valence-corrected chi connectivity index (χ3v) is 4.62. The first-order valence-electron chi connectivity index (χ1n) is 9.56. The van der Waals surface area contributed by atoms with E-state index in [-0.39, 0.29) is 0 Å². The highest BCUT2D eigenvalue weighted by molar-refractivity contribution is 5.82. The molecule has 10 heteroatoms. The molecule has 4 N–H and O–H groups in total. The van der Waals surface area contributed by atoms with Gasteiger partial charge in [0.2, 0.25) is 0 Å². The van der Waals surface area contributed by atoms with Gasteiger partial charge in [0.1, 0.15) is 23.2 Å². The lowest BCUT2D eigenvalue weighted by Gasteiger charge is -2.19. The van der Waals surface area contributed by atoms with Crippen LogP contribution in [0.2, 0.25) is 0 Å². The number of rotatable bonds is 9. The number of imidazole rings is 2. The molecule has 4 heterocycles. The Kier molecular flexibility index (Phi) is 5.27. The van der Waals surface area contributed by atoms with Crippen LogP contribution in [0.25, 0.3) is 22.3 Å². The Morgan fingerprint density at radius 1 is 0.929 bits per heavy atom.